The van der Waals surface area contributed by atoms with Crippen molar-refractivity contribution >= 4 is 23.5 Å². The third kappa shape index (κ3) is 5.32. The van der Waals surface area contributed by atoms with E-state index in [0.29, 0.717) is 11.4 Å². The van der Waals surface area contributed by atoms with E-state index in [-0.39, 0.29) is 18.7 Å². The maximum Gasteiger partial charge on any atom is 0.338 e. The van der Waals surface area contributed by atoms with Gasteiger partial charge in [0.1, 0.15) is 6.54 Å². The molecule has 2 aromatic carbocycles. The first-order chi connectivity index (χ1) is 14.6. The molecule has 0 saturated heterocycles. The summed E-state index contributed by atoms with van der Waals surface area (Å²) in [5.74, 6) is -1.18. The number of carbonyl (C=O) groups excluding carboxylic acids is 3. The first-order valence-corrected chi connectivity index (χ1v) is 9.25. The van der Waals surface area contributed by atoms with Gasteiger partial charge < -0.3 is 13.9 Å². The van der Waals surface area contributed by atoms with E-state index in [1.807, 2.05) is 0 Å². The van der Waals surface area contributed by atoms with E-state index in [1.54, 1.807) is 67.7 Å². The highest BCUT2D eigenvalue weighted by atomic mass is 16.5. The van der Waals surface area contributed by atoms with E-state index in [0.717, 1.165) is 5.56 Å². The Labute approximate surface area is 173 Å². The first-order valence-electron chi connectivity index (χ1n) is 9.25. The van der Waals surface area contributed by atoms with Crippen LogP contribution in [0.2, 0.25) is 0 Å². The van der Waals surface area contributed by atoms with Crippen LogP contribution in [0.15, 0.2) is 71.6 Å². The zero-order valence-electron chi connectivity index (χ0n) is 16.3. The molecule has 0 aliphatic rings. The highest BCUT2D eigenvalue weighted by Gasteiger charge is 2.21. The molecular formula is C22H20N2O6. The Hall–Kier alpha value is -3.94. The van der Waals surface area contributed by atoms with Crippen LogP contribution in [0, 0.1) is 0 Å². The van der Waals surface area contributed by atoms with Crippen molar-refractivity contribution in [2.75, 3.05) is 24.7 Å². The summed E-state index contributed by atoms with van der Waals surface area (Å²) in [6.07, 6.45) is 2.88. The number of carbonyl (C=O) groups is 3. The number of hydrogen-bond donors (Lipinski definition) is 0. The van der Waals surface area contributed by atoms with Gasteiger partial charge in [-0.2, -0.15) is 0 Å². The standard InChI is InChI=1S/C22H20N2O6/c1-2-28-21(26)13-24(18-6-4-3-5-7-18)20(25)14-29-22(27)17-10-8-16(9-11-17)19-12-23-15-30-19/h3-12,15H,2,13-14H2,1H3. The number of hydrogen-bond acceptors (Lipinski definition) is 7. The fourth-order valence-corrected chi connectivity index (χ4v) is 2.68. The topological polar surface area (TPSA) is 98.9 Å². The van der Waals surface area contributed by atoms with Crippen LogP contribution in [-0.4, -0.2) is 42.6 Å². The smallest absolute Gasteiger partial charge is 0.338 e. The Kier molecular flexibility index (Phi) is 6.94. The minimum Gasteiger partial charge on any atom is -0.465 e. The van der Waals surface area contributed by atoms with Crippen LogP contribution in [0.25, 0.3) is 11.3 Å². The maximum absolute atomic E-state index is 12.7. The predicted octanol–water partition coefficient (Wildman–Crippen LogP) is 3.09. The quantitative estimate of drug-likeness (QED) is 0.528. The third-order valence-electron chi connectivity index (χ3n) is 4.13. The van der Waals surface area contributed by atoms with Crippen LogP contribution >= 0.6 is 0 Å². The Balaban J connectivity index is 1.64. The lowest BCUT2D eigenvalue weighted by Gasteiger charge is -2.21. The molecule has 0 unspecified atom stereocenters. The second kappa shape index (κ2) is 10.0. The molecular weight excluding hydrogens is 388 g/mol. The van der Waals surface area contributed by atoms with Gasteiger partial charge >= 0.3 is 11.9 Å². The average Bonchev–Trinajstić information content (AvgIpc) is 3.31. The van der Waals surface area contributed by atoms with E-state index < -0.39 is 24.5 Å². The zero-order valence-corrected chi connectivity index (χ0v) is 16.3. The molecule has 154 valence electrons. The van der Waals surface area contributed by atoms with Gasteiger partial charge in [-0.15, -0.1) is 0 Å². The average molecular weight is 408 g/mol. The van der Waals surface area contributed by atoms with Crippen LogP contribution in [0.1, 0.15) is 17.3 Å². The van der Waals surface area contributed by atoms with Crippen LogP contribution < -0.4 is 4.90 Å². The fraction of sp³-hybridized carbons (Fsp3) is 0.182. The number of esters is 2. The molecule has 0 N–H and O–H groups in total. The lowest BCUT2D eigenvalue weighted by Crippen LogP contribution is -2.39. The molecule has 0 radical (unpaired) electrons. The molecule has 0 aliphatic heterocycles. The van der Waals surface area contributed by atoms with E-state index in [9.17, 15) is 14.4 Å². The molecule has 0 atom stereocenters. The van der Waals surface area contributed by atoms with E-state index >= 15 is 0 Å². The van der Waals surface area contributed by atoms with Gasteiger partial charge in [-0.25, -0.2) is 9.78 Å². The first kappa shape index (κ1) is 20.8. The minimum absolute atomic E-state index is 0.203. The van der Waals surface area contributed by atoms with Gasteiger partial charge in [-0.3, -0.25) is 14.5 Å². The number of oxazole rings is 1. The lowest BCUT2D eigenvalue weighted by molar-refractivity contribution is -0.142. The van der Waals surface area contributed by atoms with Gasteiger partial charge in [0, 0.05) is 11.3 Å². The number of rotatable bonds is 8. The summed E-state index contributed by atoms with van der Waals surface area (Å²) in [6.45, 7) is 1.09. The summed E-state index contributed by atoms with van der Waals surface area (Å²) in [5, 5.41) is 0. The molecule has 3 rings (SSSR count). The summed E-state index contributed by atoms with van der Waals surface area (Å²) < 4.78 is 15.3. The highest BCUT2D eigenvalue weighted by molar-refractivity contribution is 6.00. The van der Waals surface area contributed by atoms with Crippen molar-refractivity contribution in [3.8, 4) is 11.3 Å². The van der Waals surface area contributed by atoms with Crippen LogP contribution in [0.3, 0.4) is 0 Å². The van der Waals surface area contributed by atoms with Crippen molar-refractivity contribution in [2.24, 2.45) is 0 Å². The van der Waals surface area contributed by atoms with Crippen molar-refractivity contribution in [2.45, 2.75) is 6.92 Å². The van der Waals surface area contributed by atoms with Crippen molar-refractivity contribution < 1.29 is 28.3 Å². The summed E-state index contributed by atoms with van der Waals surface area (Å²) in [5.41, 5.74) is 1.54. The molecule has 0 fully saturated rings. The monoisotopic (exact) mass is 408 g/mol. The number of aromatic nitrogens is 1. The van der Waals surface area contributed by atoms with Gasteiger partial charge in [0.25, 0.3) is 5.91 Å². The van der Waals surface area contributed by atoms with E-state index in [2.05, 4.69) is 4.98 Å². The van der Waals surface area contributed by atoms with Crippen molar-refractivity contribution in [1.29, 1.82) is 0 Å². The second-order valence-corrected chi connectivity index (χ2v) is 6.14. The molecule has 3 aromatic rings. The molecule has 1 heterocycles. The van der Waals surface area contributed by atoms with E-state index in [1.165, 1.54) is 11.3 Å². The molecule has 8 heteroatoms. The van der Waals surface area contributed by atoms with Crippen molar-refractivity contribution in [3.05, 3.63) is 72.8 Å². The number of benzene rings is 2. The molecule has 0 saturated carbocycles. The molecule has 8 nitrogen and oxygen atoms in total. The Morgan fingerprint density at radius 3 is 2.37 bits per heavy atom. The minimum atomic E-state index is -0.656. The van der Waals surface area contributed by atoms with E-state index in [4.69, 9.17) is 13.9 Å². The molecule has 30 heavy (non-hydrogen) atoms. The summed E-state index contributed by atoms with van der Waals surface area (Å²) >= 11 is 0. The highest BCUT2D eigenvalue weighted by Crippen LogP contribution is 2.19. The molecule has 1 amide bonds. The number of ether oxygens (including phenoxy) is 2. The third-order valence-corrected chi connectivity index (χ3v) is 4.13. The van der Waals surface area contributed by atoms with Crippen molar-refractivity contribution in [1.82, 2.24) is 4.98 Å². The maximum atomic E-state index is 12.7. The largest absolute Gasteiger partial charge is 0.465 e. The summed E-state index contributed by atoms with van der Waals surface area (Å²) in [7, 11) is 0. The fourth-order valence-electron chi connectivity index (χ4n) is 2.68. The molecule has 0 spiro atoms. The van der Waals surface area contributed by atoms with Crippen LogP contribution in [-0.2, 0) is 19.1 Å². The zero-order chi connectivity index (χ0) is 21.3. The van der Waals surface area contributed by atoms with Crippen LogP contribution in [0.4, 0.5) is 5.69 Å². The Bertz CT molecular complexity index is 984. The van der Waals surface area contributed by atoms with Crippen molar-refractivity contribution in [3.63, 3.8) is 0 Å². The van der Waals surface area contributed by atoms with Gasteiger partial charge in [-0.05, 0) is 31.2 Å². The summed E-state index contributed by atoms with van der Waals surface area (Å²) in [6, 6.07) is 15.1. The number of para-hydroxylation sites is 1. The number of amides is 1. The molecule has 0 aliphatic carbocycles. The Morgan fingerprint density at radius 2 is 1.73 bits per heavy atom. The lowest BCUT2D eigenvalue weighted by atomic mass is 10.1. The molecule has 1 aromatic heterocycles. The normalized spacial score (nSPS) is 10.3. The van der Waals surface area contributed by atoms with Gasteiger partial charge in [0.15, 0.2) is 18.8 Å². The van der Waals surface area contributed by atoms with Gasteiger partial charge in [0.2, 0.25) is 0 Å². The van der Waals surface area contributed by atoms with Crippen LogP contribution in [0.5, 0.6) is 0 Å². The molecule has 0 bridgehead atoms. The number of nitrogens with zero attached hydrogens (tertiary/aromatic N) is 2. The number of anilines is 1. The summed E-state index contributed by atoms with van der Waals surface area (Å²) in [4.78, 5) is 41.9. The van der Waals surface area contributed by atoms with Gasteiger partial charge in [0.05, 0.1) is 18.4 Å². The SMILES string of the molecule is CCOC(=O)CN(C(=O)COC(=O)c1ccc(-c2cnco2)cc1)c1ccccc1. The predicted molar refractivity (Wildman–Crippen MR) is 108 cm³/mol. The second-order valence-electron chi connectivity index (χ2n) is 6.14. The van der Waals surface area contributed by atoms with Gasteiger partial charge in [-0.1, -0.05) is 30.3 Å². The Morgan fingerprint density at radius 1 is 1.00 bits per heavy atom.